The molecule has 0 saturated carbocycles. The Bertz CT molecular complexity index is 1470. The number of rotatable bonds is 1. The summed E-state index contributed by atoms with van der Waals surface area (Å²) in [6.07, 6.45) is 0. The zero-order valence-electron chi connectivity index (χ0n) is 14.5. The van der Waals surface area contributed by atoms with Crippen molar-refractivity contribution < 1.29 is 0 Å². The molecule has 2 aliphatic rings. The second kappa shape index (κ2) is 6.14. The molecule has 0 radical (unpaired) electrons. The second-order valence-corrected chi connectivity index (χ2v) is 9.47. The topological polar surface area (TPSA) is 28.7 Å². The minimum Gasteiger partial charge on any atom is -0.345 e. The predicted octanol–water partition coefficient (Wildman–Crippen LogP) is 8.23. The first kappa shape index (κ1) is 16.7. The van der Waals surface area contributed by atoms with Crippen molar-refractivity contribution in [2.45, 2.75) is 0 Å². The van der Waals surface area contributed by atoms with Gasteiger partial charge in [-0.05, 0) is 49.6 Å². The second-order valence-electron chi connectivity index (χ2n) is 6.76. The summed E-state index contributed by atoms with van der Waals surface area (Å²) in [4.78, 5) is 9.76. The fraction of sp³-hybridized carbons (Fsp3) is 0. The quantitative estimate of drug-likeness (QED) is 0.238. The lowest BCUT2D eigenvalue weighted by Crippen LogP contribution is -1.85. The molecule has 0 fully saturated rings. The van der Waals surface area contributed by atoms with Gasteiger partial charge < -0.3 is 4.98 Å². The van der Waals surface area contributed by atoms with Gasteiger partial charge >= 0.3 is 0 Å². The van der Waals surface area contributed by atoms with Gasteiger partial charge in [-0.25, -0.2) is 4.98 Å². The standard InChI is InChI=1S/C23H12Br2N2S/c24-15-10-4-8-13-18-17(12-6-2-1-3-7-12)19-14-9-5-11-16(25)21(14)27-23(19)28-22(18)26-20(13)15/h1-11,26H. The van der Waals surface area contributed by atoms with Crippen molar-refractivity contribution in [3.63, 3.8) is 0 Å². The monoisotopic (exact) mass is 506 g/mol. The molecule has 0 bridgehead atoms. The van der Waals surface area contributed by atoms with Crippen molar-refractivity contribution in [2.24, 2.45) is 0 Å². The number of fused-ring (bicyclic) bond motifs is 6. The number of para-hydroxylation sites is 2. The van der Waals surface area contributed by atoms with Gasteiger partial charge in [0.25, 0.3) is 0 Å². The smallest absolute Gasteiger partial charge is 0.127 e. The first-order chi connectivity index (χ1) is 13.7. The van der Waals surface area contributed by atoms with Crippen LogP contribution < -0.4 is 0 Å². The summed E-state index contributed by atoms with van der Waals surface area (Å²) in [7, 11) is 0. The maximum Gasteiger partial charge on any atom is 0.127 e. The maximum atomic E-state index is 4.98. The highest BCUT2D eigenvalue weighted by Crippen LogP contribution is 2.50. The van der Waals surface area contributed by atoms with Crippen LogP contribution in [0.4, 0.5) is 0 Å². The van der Waals surface area contributed by atoms with E-state index in [9.17, 15) is 0 Å². The van der Waals surface area contributed by atoms with Gasteiger partial charge in [0.1, 0.15) is 9.84 Å². The van der Waals surface area contributed by atoms with Gasteiger partial charge in [-0.15, -0.1) is 0 Å². The molecule has 2 aliphatic heterocycles. The summed E-state index contributed by atoms with van der Waals surface area (Å²) in [6.45, 7) is 0. The van der Waals surface area contributed by atoms with Gasteiger partial charge in [-0.3, -0.25) is 0 Å². The Kier molecular flexibility index (Phi) is 3.67. The minimum absolute atomic E-state index is 1.02. The fourth-order valence-electron chi connectivity index (χ4n) is 4.02. The number of aromatic amines is 1. The molecule has 1 N–H and O–H groups in total. The number of aromatic nitrogens is 2. The molecule has 6 rings (SSSR count). The van der Waals surface area contributed by atoms with Crippen LogP contribution in [0.1, 0.15) is 0 Å². The molecule has 0 aliphatic carbocycles. The number of H-pyrrole nitrogens is 1. The van der Waals surface area contributed by atoms with E-state index < -0.39 is 0 Å². The normalized spacial score (nSPS) is 11.9. The number of nitrogens with zero attached hydrogens (tertiary/aromatic N) is 1. The van der Waals surface area contributed by atoms with E-state index in [4.69, 9.17) is 4.98 Å². The highest BCUT2D eigenvalue weighted by molar-refractivity contribution is 9.11. The summed E-state index contributed by atoms with van der Waals surface area (Å²) in [5.74, 6) is 0. The molecule has 5 heteroatoms. The number of hydrogen-bond acceptors (Lipinski definition) is 2. The Morgan fingerprint density at radius 1 is 0.750 bits per heavy atom. The van der Waals surface area contributed by atoms with Crippen molar-refractivity contribution in [1.29, 1.82) is 0 Å². The van der Waals surface area contributed by atoms with Gasteiger partial charge in [0.2, 0.25) is 0 Å². The van der Waals surface area contributed by atoms with Gasteiger partial charge in [0.15, 0.2) is 0 Å². The lowest BCUT2D eigenvalue weighted by molar-refractivity contribution is 1.50. The molecule has 0 amide bonds. The van der Waals surface area contributed by atoms with Gasteiger partial charge in [-0.1, -0.05) is 65.9 Å². The zero-order valence-corrected chi connectivity index (χ0v) is 18.5. The number of hydrogen-bond donors (Lipinski definition) is 1. The van der Waals surface area contributed by atoms with E-state index in [1.54, 1.807) is 11.3 Å². The van der Waals surface area contributed by atoms with Crippen molar-refractivity contribution in [2.75, 3.05) is 0 Å². The molecule has 134 valence electrons. The average molecular weight is 508 g/mol. The van der Waals surface area contributed by atoms with Crippen LogP contribution in [-0.4, -0.2) is 9.97 Å². The molecule has 2 nitrogen and oxygen atoms in total. The summed E-state index contributed by atoms with van der Waals surface area (Å²) < 4.78 is 2.11. The first-order valence-electron chi connectivity index (χ1n) is 8.88. The maximum absolute atomic E-state index is 4.98. The SMILES string of the molecule is Brc1cccc2c3c(-c4ccccc4)c4c([nH]c5c(Br)cccc54)sc-3nc12. The lowest BCUT2D eigenvalue weighted by Gasteiger charge is -2.11. The summed E-state index contributed by atoms with van der Waals surface area (Å²) in [5, 5.41) is 4.72. The lowest BCUT2D eigenvalue weighted by atomic mass is 9.96. The molecular weight excluding hydrogens is 496 g/mol. The molecule has 0 saturated heterocycles. The zero-order chi connectivity index (χ0) is 18.8. The Hall–Kier alpha value is -2.21. The van der Waals surface area contributed by atoms with Crippen molar-refractivity contribution in [1.82, 2.24) is 9.97 Å². The van der Waals surface area contributed by atoms with E-state index in [0.29, 0.717) is 0 Å². The third-order valence-electron chi connectivity index (χ3n) is 5.19. The van der Waals surface area contributed by atoms with Crippen molar-refractivity contribution >= 4 is 75.2 Å². The molecule has 0 atom stereocenters. The largest absolute Gasteiger partial charge is 0.345 e. The molecule has 1 aromatic heterocycles. The Morgan fingerprint density at radius 3 is 2.32 bits per heavy atom. The van der Waals surface area contributed by atoms with Gasteiger partial charge in [0, 0.05) is 36.2 Å². The van der Waals surface area contributed by atoms with E-state index in [2.05, 4.69) is 104 Å². The van der Waals surface area contributed by atoms with Crippen LogP contribution in [0.5, 0.6) is 0 Å². The van der Waals surface area contributed by atoms with Crippen LogP contribution in [0.3, 0.4) is 0 Å². The first-order valence-corrected chi connectivity index (χ1v) is 11.3. The van der Waals surface area contributed by atoms with Crippen LogP contribution in [0.2, 0.25) is 0 Å². The summed E-state index contributed by atoms with van der Waals surface area (Å²) >= 11 is 9.10. The number of nitrogens with one attached hydrogen (secondary N) is 1. The van der Waals surface area contributed by atoms with E-state index in [-0.39, 0.29) is 0 Å². The highest BCUT2D eigenvalue weighted by Gasteiger charge is 2.24. The molecule has 0 unspecified atom stereocenters. The predicted molar refractivity (Wildman–Crippen MR) is 126 cm³/mol. The van der Waals surface area contributed by atoms with Crippen LogP contribution in [0.15, 0.2) is 75.7 Å². The molecule has 28 heavy (non-hydrogen) atoms. The number of benzene rings is 3. The van der Waals surface area contributed by atoms with E-state index in [1.807, 2.05) is 0 Å². The van der Waals surface area contributed by atoms with E-state index in [0.717, 1.165) is 29.8 Å². The van der Waals surface area contributed by atoms with E-state index in [1.165, 1.54) is 32.8 Å². The average Bonchev–Trinajstić information content (AvgIpc) is 3.27. The third kappa shape index (κ3) is 2.27. The van der Waals surface area contributed by atoms with Crippen LogP contribution >= 0.6 is 43.2 Å². The molecule has 4 aromatic rings. The van der Waals surface area contributed by atoms with Crippen LogP contribution in [-0.2, 0) is 0 Å². The highest BCUT2D eigenvalue weighted by atomic mass is 79.9. The molecule has 0 spiro atoms. The fourth-order valence-corrected chi connectivity index (χ4v) is 6.05. The third-order valence-corrected chi connectivity index (χ3v) is 7.49. The molecule has 3 aromatic carbocycles. The number of halogens is 2. The molecular formula is C23H12Br2N2S. The van der Waals surface area contributed by atoms with Crippen molar-refractivity contribution in [3.8, 4) is 21.7 Å². The van der Waals surface area contributed by atoms with Gasteiger partial charge in [0.05, 0.1) is 11.0 Å². The van der Waals surface area contributed by atoms with Crippen LogP contribution in [0, 0.1) is 0 Å². The molecule has 3 heterocycles. The van der Waals surface area contributed by atoms with Crippen molar-refractivity contribution in [3.05, 3.63) is 75.7 Å². The van der Waals surface area contributed by atoms with E-state index >= 15 is 0 Å². The summed E-state index contributed by atoms with van der Waals surface area (Å²) in [6, 6.07) is 23.3. The summed E-state index contributed by atoms with van der Waals surface area (Å²) in [5.41, 5.74) is 5.82. The minimum atomic E-state index is 1.02. The Balaban J connectivity index is 1.93. The van der Waals surface area contributed by atoms with Gasteiger partial charge in [-0.2, -0.15) is 0 Å². The Labute approximate surface area is 181 Å². The Morgan fingerprint density at radius 2 is 1.50 bits per heavy atom. The van der Waals surface area contributed by atoms with Crippen LogP contribution in [0.25, 0.3) is 53.7 Å².